The van der Waals surface area contributed by atoms with E-state index in [2.05, 4.69) is 69.2 Å². The molecule has 0 nitrogen and oxygen atoms in total. The molecule has 0 saturated heterocycles. The van der Waals surface area contributed by atoms with E-state index in [0.717, 1.165) is 0 Å². The summed E-state index contributed by atoms with van der Waals surface area (Å²) >= 11 is 0. The fourth-order valence-electron chi connectivity index (χ4n) is 2.65. The first-order valence-corrected chi connectivity index (χ1v) is 11.2. The second kappa shape index (κ2) is 12.9. The molecule has 0 N–H and O–H groups in total. The van der Waals surface area contributed by atoms with E-state index in [-0.39, 0.29) is 27.6 Å². The van der Waals surface area contributed by atoms with Crippen molar-refractivity contribution >= 4 is 16.4 Å². The Kier molecular flexibility index (Phi) is 12.7. The maximum Gasteiger partial charge on any atom is 4.00 e. The second-order valence-electron chi connectivity index (χ2n) is 7.17. The topological polar surface area (TPSA) is 0 Å². The summed E-state index contributed by atoms with van der Waals surface area (Å²) in [5, 5.41) is 6.07. The van der Waals surface area contributed by atoms with E-state index < -0.39 is 0 Å². The van der Waals surface area contributed by atoms with E-state index in [9.17, 15) is 0 Å². The van der Waals surface area contributed by atoms with Crippen LogP contribution in [0.15, 0.2) is 30.3 Å². The summed E-state index contributed by atoms with van der Waals surface area (Å²) in [5.74, 6) is 0.159. The summed E-state index contributed by atoms with van der Waals surface area (Å²) in [6.45, 7) is 25.2. The Morgan fingerprint density at radius 2 is 1.07 bits per heavy atom. The molecule has 0 aliphatic rings. The van der Waals surface area contributed by atoms with Gasteiger partial charge < -0.3 is 13.8 Å². The van der Waals surface area contributed by atoms with Crippen LogP contribution < -0.4 is 0 Å². The summed E-state index contributed by atoms with van der Waals surface area (Å²) in [6, 6.07) is 10.1. The molecule has 148 valence electrons. The van der Waals surface area contributed by atoms with Crippen molar-refractivity contribution in [3.8, 4) is 0 Å². The molecule has 0 amide bonds. The molecule has 0 radical (unpaired) electrons. The van der Waals surface area contributed by atoms with Gasteiger partial charge in [-0.1, -0.05) is 85.7 Å². The van der Waals surface area contributed by atoms with Gasteiger partial charge in [0.1, 0.15) is 0 Å². The zero-order valence-electron chi connectivity index (χ0n) is 18.8. The van der Waals surface area contributed by atoms with Crippen molar-refractivity contribution in [1.29, 1.82) is 0 Å². The molecule has 28 heavy (non-hydrogen) atoms. The minimum absolute atomic E-state index is 0. The number of benzene rings is 1. The van der Waals surface area contributed by atoms with E-state index in [1.807, 2.05) is 30.3 Å². The fourth-order valence-corrected chi connectivity index (χ4v) is 5.00. The summed E-state index contributed by atoms with van der Waals surface area (Å²) in [4.78, 5) is 0. The predicted octanol–water partition coefficient (Wildman–Crippen LogP) is 8.87. The van der Waals surface area contributed by atoms with E-state index >= 15 is 0 Å². The molecule has 2 aromatic heterocycles. The van der Waals surface area contributed by atoms with Gasteiger partial charge in [-0.15, -0.1) is 16.2 Å². The van der Waals surface area contributed by atoms with Crippen LogP contribution >= 0.6 is 16.4 Å². The molecule has 0 unspecified atom stereocenters. The molecule has 0 aliphatic carbocycles. The van der Waals surface area contributed by atoms with Gasteiger partial charge in [-0.3, -0.25) is 5.92 Å². The first-order chi connectivity index (χ1) is 12.6. The van der Waals surface area contributed by atoms with Crippen LogP contribution in [0, 0.1) is 69.2 Å². The summed E-state index contributed by atoms with van der Waals surface area (Å²) in [7, 11) is 2.87. The average Bonchev–Trinajstić information content (AvgIpc) is 3.00. The first kappa shape index (κ1) is 27.5. The van der Waals surface area contributed by atoms with Crippen LogP contribution in [0.3, 0.4) is 0 Å². The summed E-state index contributed by atoms with van der Waals surface area (Å²) < 4.78 is 0. The molecule has 0 bridgehead atoms. The van der Waals surface area contributed by atoms with E-state index in [0.29, 0.717) is 0 Å². The maximum atomic E-state index is 3.80. The van der Waals surface area contributed by atoms with Crippen molar-refractivity contribution in [2.45, 2.75) is 61.3 Å². The number of rotatable bonds is 1. The van der Waals surface area contributed by atoms with E-state index in [4.69, 9.17) is 0 Å². The molecule has 2 heterocycles. The van der Waals surface area contributed by atoms with Gasteiger partial charge in [0.2, 0.25) is 0 Å². The molecule has 0 atom stereocenters. The van der Waals surface area contributed by atoms with Crippen LogP contribution in [0.5, 0.6) is 0 Å². The third kappa shape index (κ3) is 8.09. The van der Waals surface area contributed by atoms with Crippen molar-refractivity contribution in [3.05, 3.63) is 93.2 Å². The third-order valence-electron chi connectivity index (χ3n) is 5.24. The van der Waals surface area contributed by atoms with Crippen LogP contribution in [-0.4, -0.2) is 0 Å². The largest absolute Gasteiger partial charge is 4.00 e. The van der Waals surface area contributed by atoms with Gasteiger partial charge in [0.25, 0.3) is 0 Å². The normalized spacial score (nSPS) is 10.4. The Morgan fingerprint density at radius 1 is 0.714 bits per heavy atom. The Bertz CT molecular complexity index is 744. The SMILES string of the molecule is Cc1p[c-](C)c(C)c1C.Cc1p[c-](C)c(C)c1C.[CH2-]C([CH2-])c1ccccc1.[Ti+4]. The molecule has 3 rings (SSSR count). The smallest absolute Gasteiger partial charge is 0.365 e. The van der Waals surface area contributed by atoms with Gasteiger partial charge in [0.05, 0.1) is 0 Å². The molecular formula is C25H34P2Ti. The minimum atomic E-state index is 0. The van der Waals surface area contributed by atoms with Crippen LogP contribution in [0.2, 0.25) is 0 Å². The third-order valence-corrected chi connectivity index (χ3v) is 7.92. The minimum Gasteiger partial charge on any atom is -0.365 e. The number of hydrogen-bond acceptors (Lipinski definition) is 0. The van der Waals surface area contributed by atoms with Gasteiger partial charge in [-0.25, -0.2) is 16.4 Å². The molecule has 3 heteroatoms. The van der Waals surface area contributed by atoms with Gasteiger partial charge >= 0.3 is 21.7 Å². The number of hydrogen-bond donors (Lipinski definition) is 0. The van der Waals surface area contributed by atoms with Crippen LogP contribution in [0.25, 0.3) is 0 Å². The maximum absolute atomic E-state index is 3.80. The van der Waals surface area contributed by atoms with Crippen molar-refractivity contribution in [1.82, 2.24) is 0 Å². The average molecular weight is 444 g/mol. The Hall–Kier alpha value is -0.506. The molecule has 0 aliphatic heterocycles. The Balaban J connectivity index is 0.000000384. The molecule has 0 fully saturated rings. The molecule has 0 saturated carbocycles. The van der Waals surface area contributed by atoms with Gasteiger partial charge in [0.15, 0.2) is 0 Å². The molecule has 1 aromatic carbocycles. The standard InChI is InChI=1S/C9H10.2C8H12P.Ti/c1-8(2)9-6-4-3-5-7-9;2*1-5-6(2)8(4)9-7(5)3;/h3-8H,1-2H2;2*1-4H3;/q-2;2*-1;+4. The van der Waals surface area contributed by atoms with Crippen molar-refractivity contribution in [2.24, 2.45) is 0 Å². The van der Waals surface area contributed by atoms with Crippen LogP contribution in [0.4, 0.5) is 0 Å². The molecule has 3 aromatic rings. The predicted molar refractivity (Wildman–Crippen MR) is 127 cm³/mol. The van der Waals surface area contributed by atoms with E-state index in [1.54, 1.807) is 0 Å². The molecule has 0 spiro atoms. The Labute approximate surface area is 192 Å². The Morgan fingerprint density at radius 3 is 1.21 bits per heavy atom. The second-order valence-corrected chi connectivity index (χ2v) is 10.3. The van der Waals surface area contributed by atoms with Crippen LogP contribution in [-0.2, 0) is 21.7 Å². The summed E-state index contributed by atoms with van der Waals surface area (Å²) in [5.41, 5.74) is 7.17. The zero-order chi connectivity index (χ0) is 20.7. The molecular weight excluding hydrogens is 410 g/mol. The monoisotopic (exact) mass is 444 g/mol. The van der Waals surface area contributed by atoms with E-state index in [1.165, 1.54) is 65.4 Å². The first-order valence-electron chi connectivity index (χ1n) is 9.41. The van der Waals surface area contributed by atoms with Gasteiger partial charge in [-0.2, -0.15) is 32.8 Å². The number of aryl methyl sites for hydroxylation is 4. The summed E-state index contributed by atoms with van der Waals surface area (Å²) in [6.07, 6.45) is 0. The van der Waals surface area contributed by atoms with Crippen molar-refractivity contribution in [3.63, 3.8) is 0 Å². The van der Waals surface area contributed by atoms with Crippen molar-refractivity contribution in [2.75, 3.05) is 0 Å². The van der Waals surface area contributed by atoms with Gasteiger partial charge in [-0.05, 0) is 0 Å². The van der Waals surface area contributed by atoms with Crippen molar-refractivity contribution < 1.29 is 21.7 Å². The quantitative estimate of drug-likeness (QED) is 0.260. The van der Waals surface area contributed by atoms with Crippen LogP contribution in [0.1, 0.15) is 54.9 Å². The zero-order valence-corrected chi connectivity index (χ0v) is 22.1. The van der Waals surface area contributed by atoms with Gasteiger partial charge in [0, 0.05) is 0 Å². The fraction of sp³-hybridized carbons (Fsp3) is 0.360.